The molecule has 2 aliphatic rings. The molecule has 35 heavy (non-hydrogen) atoms. The molecule has 0 bridgehead atoms. The largest absolute Gasteiger partial charge is 0.495 e. The molecule has 1 amide bonds. The van der Waals surface area contributed by atoms with Crippen LogP contribution in [0.1, 0.15) is 39.7 Å². The first kappa shape index (κ1) is 23.0. The van der Waals surface area contributed by atoms with E-state index >= 15 is 0 Å². The molecule has 2 atom stereocenters. The highest BCUT2D eigenvalue weighted by Gasteiger charge is 2.30. The SMILES string of the molecule is COc1cc2c(cc1NC1COC(c3ccccc3Nc3ncnnc3C(N)=O)C1)CN(C)CC2. The van der Waals surface area contributed by atoms with Crippen LogP contribution in [-0.4, -0.2) is 59.3 Å². The minimum atomic E-state index is -0.697. The molecule has 0 spiro atoms. The number of primary amides is 1. The third-order valence-corrected chi connectivity index (χ3v) is 6.50. The molecular formula is C25H29N7O3. The van der Waals surface area contributed by atoms with Crippen LogP contribution in [-0.2, 0) is 17.7 Å². The van der Waals surface area contributed by atoms with Gasteiger partial charge in [-0.05, 0) is 42.8 Å². The van der Waals surface area contributed by atoms with Crippen LogP contribution in [0.5, 0.6) is 5.75 Å². The molecule has 10 heteroatoms. The van der Waals surface area contributed by atoms with Crippen LogP contribution in [0.15, 0.2) is 42.7 Å². The van der Waals surface area contributed by atoms with Gasteiger partial charge in [0, 0.05) is 30.8 Å². The molecule has 5 rings (SSSR count). The number of para-hydroxylation sites is 1. The summed E-state index contributed by atoms with van der Waals surface area (Å²) in [4.78, 5) is 18.2. The van der Waals surface area contributed by atoms with E-state index in [-0.39, 0.29) is 23.7 Å². The second-order valence-corrected chi connectivity index (χ2v) is 8.94. The number of nitrogens with two attached hydrogens (primary N) is 1. The molecule has 0 radical (unpaired) electrons. The highest BCUT2D eigenvalue weighted by atomic mass is 16.5. The molecule has 182 valence electrons. The molecular weight excluding hydrogens is 446 g/mol. The molecule has 4 N–H and O–H groups in total. The van der Waals surface area contributed by atoms with E-state index < -0.39 is 5.91 Å². The number of rotatable bonds is 7. The summed E-state index contributed by atoms with van der Waals surface area (Å²) in [5, 5.41) is 14.3. The molecule has 1 fully saturated rings. The molecule has 3 heterocycles. The van der Waals surface area contributed by atoms with E-state index in [4.69, 9.17) is 15.2 Å². The topological polar surface area (TPSA) is 128 Å². The summed E-state index contributed by atoms with van der Waals surface area (Å²) in [6, 6.07) is 12.3. The van der Waals surface area contributed by atoms with Crippen molar-refractivity contribution in [2.24, 2.45) is 5.73 Å². The van der Waals surface area contributed by atoms with Crippen LogP contribution in [0.3, 0.4) is 0 Å². The number of nitrogens with zero attached hydrogens (tertiary/aromatic N) is 4. The fraction of sp³-hybridized carbons (Fsp3) is 0.360. The summed E-state index contributed by atoms with van der Waals surface area (Å²) >= 11 is 0. The van der Waals surface area contributed by atoms with Gasteiger partial charge in [0.2, 0.25) is 0 Å². The van der Waals surface area contributed by atoms with Crippen molar-refractivity contribution in [2.45, 2.75) is 31.5 Å². The number of fused-ring (bicyclic) bond motifs is 1. The van der Waals surface area contributed by atoms with Gasteiger partial charge in [0.25, 0.3) is 5.91 Å². The molecule has 0 saturated carbocycles. The number of carbonyl (C=O) groups excluding carboxylic acids is 1. The van der Waals surface area contributed by atoms with Crippen molar-refractivity contribution in [3.8, 4) is 5.75 Å². The van der Waals surface area contributed by atoms with Gasteiger partial charge in [-0.15, -0.1) is 10.2 Å². The number of hydrogen-bond acceptors (Lipinski definition) is 9. The Morgan fingerprint density at radius 2 is 2.09 bits per heavy atom. The zero-order valence-electron chi connectivity index (χ0n) is 19.8. The Balaban J connectivity index is 1.33. The van der Waals surface area contributed by atoms with E-state index in [9.17, 15) is 4.79 Å². The van der Waals surface area contributed by atoms with Gasteiger partial charge in [0.15, 0.2) is 11.5 Å². The van der Waals surface area contributed by atoms with Crippen LogP contribution in [0, 0.1) is 0 Å². The van der Waals surface area contributed by atoms with E-state index in [1.807, 2.05) is 24.3 Å². The predicted octanol–water partition coefficient (Wildman–Crippen LogP) is 2.65. The van der Waals surface area contributed by atoms with Crippen LogP contribution in [0.2, 0.25) is 0 Å². The van der Waals surface area contributed by atoms with Gasteiger partial charge in [0.05, 0.1) is 31.5 Å². The van der Waals surface area contributed by atoms with E-state index in [1.54, 1.807) is 7.11 Å². The number of nitrogens with one attached hydrogen (secondary N) is 2. The van der Waals surface area contributed by atoms with Crippen molar-refractivity contribution in [2.75, 3.05) is 37.9 Å². The Labute approximate surface area is 203 Å². The first-order chi connectivity index (χ1) is 17.0. The minimum Gasteiger partial charge on any atom is -0.495 e. The van der Waals surface area contributed by atoms with Crippen molar-refractivity contribution in [3.05, 3.63) is 65.1 Å². The number of benzene rings is 2. The average Bonchev–Trinajstić information content (AvgIpc) is 3.32. The van der Waals surface area contributed by atoms with Gasteiger partial charge in [0.1, 0.15) is 12.1 Å². The Kier molecular flexibility index (Phi) is 6.47. The lowest BCUT2D eigenvalue weighted by atomic mass is 9.98. The molecule has 10 nitrogen and oxygen atoms in total. The maximum atomic E-state index is 11.7. The Morgan fingerprint density at radius 1 is 1.23 bits per heavy atom. The number of anilines is 3. The fourth-order valence-electron chi connectivity index (χ4n) is 4.73. The zero-order chi connectivity index (χ0) is 24.4. The number of methoxy groups -OCH3 is 1. The fourth-order valence-corrected chi connectivity index (χ4v) is 4.73. The third kappa shape index (κ3) is 4.89. The second kappa shape index (κ2) is 9.85. The summed E-state index contributed by atoms with van der Waals surface area (Å²) in [5.74, 6) is 0.419. The number of likely N-dealkylation sites (N-methyl/N-ethyl adjacent to an activating group) is 1. The molecule has 2 aliphatic heterocycles. The van der Waals surface area contributed by atoms with Crippen LogP contribution >= 0.6 is 0 Å². The van der Waals surface area contributed by atoms with Crippen LogP contribution < -0.4 is 21.1 Å². The lowest BCUT2D eigenvalue weighted by molar-refractivity contribution is 0.0995. The van der Waals surface area contributed by atoms with Crippen molar-refractivity contribution in [3.63, 3.8) is 0 Å². The standard InChI is InChI=1S/C25H29N7O3/c1-32-8-7-15-10-22(34-2)20(9-16(15)12-32)29-17-11-21(35-13-17)18-5-3-4-6-19(18)30-25-23(24(26)33)31-28-14-27-25/h3-6,9-10,14,17,21,29H,7-8,11-13H2,1-2H3,(H2,26,33)(H,27,28,30). The summed E-state index contributed by atoms with van der Waals surface area (Å²) < 4.78 is 11.9. The lowest BCUT2D eigenvalue weighted by Gasteiger charge is -2.27. The van der Waals surface area contributed by atoms with Crippen molar-refractivity contribution in [1.82, 2.24) is 20.1 Å². The zero-order valence-corrected chi connectivity index (χ0v) is 19.8. The van der Waals surface area contributed by atoms with Crippen LogP contribution in [0.4, 0.5) is 17.2 Å². The van der Waals surface area contributed by atoms with Crippen molar-refractivity contribution < 1.29 is 14.3 Å². The Morgan fingerprint density at radius 3 is 2.91 bits per heavy atom. The first-order valence-electron chi connectivity index (χ1n) is 11.6. The number of hydrogen-bond donors (Lipinski definition) is 3. The van der Waals surface area contributed by atoms with Gasteiger partial charge in [-0.2, -0.15) is 0 Å². The van der Waals surface area contributed by atoms with Crippen molar-refractivity contribution >= 4 is 23.1 Å². The van der Waals surface area contributed by atoms with E-state index in [2.05, 4.69) is 49.9 Å². The summed E-state index contributed by atoms with van der Waals surface area (Å²) in [5.41, 5.74) is 10.8. The molecule has 0 aliphatic carbocycles. The second-order valence-electron chi connectivity index (χ2n) is 8.94. The molecule has 1 saturated heterocycles. The van der Waals surface area contributed by atoms with Gasteiger partial charge in [-0.1, -0.05) is 18.2 Å². The quantitative estimate of drug-likeness (QED) is 0.472. The molecule has 3 aromatic rings. The molecule has 1 aromatic heterocycles. The van der Waals surface area contributed by atoms with Crippen LogP contribution in [0.25, 0.3) is 0 Å². The summed E-state index contributed by atoms with van der Waals surface area (Å²) in [7, 11) is 3.85. The lowest BCUT2D eigenvalue weighted by Crippen LogP contribution is -2.27. The normalized spacial score (nSPS) is 19.7. The monoisotopic (exact) mass is 475 g/mol. The molecule has 2 unspecified atom stereocenters. The third-order valence-electron chi connectivity index (χ3n) is 6.50. The Bertz CT molecular complexity index is 1240. The van der Waals surface area contributed by atoms with E-state index in [0.717, 1.165) is 48.6 Å². The summed E-state index contributed by atoms with van der Waals surface area (Å²) in [6.07, 6.45) is 2.93. The highest BCUT2D eigenvalue weighted by Crippen LogP contribution is 2.38. The van der Waals surface area contributed by atoms with Gasteiger partial charge < -0.3 is 30.7 Å². The highest BCUT2D eigenvalue weighted by molar-refractivity contribution is 5.96. The smallest absolute Gasteiger partial charge is 0.273 e. The van der Waals surface area contributed by atoms with Gasteiger partial charge >= 0.3 is 0 Å². The van der Waals surface area contributed by atoms with Crippen molar-refractivity contribution in [1.29, 1.82) is 0 Å². The molecule has 2 aromatic carbocycles. The maximum Gasteiger partial charge on any atom is 0.273 e. The first-order valence-corrected chi connectivity index (χ1v) is 11.6. The number of ether oxygens (including phenoxy) is 2. The Hall–Kier alpha value is -3.76. The maximum absolute atomic E-state index is 11.7. The van der Waals surface area contributed by atoms with Gasteiger partial charge in [-0.25, -0.2) is 4.98 Å². The predicted molar refractivity (Wildman–Crippen MR) is 132 cm³/mol. The average molecular weight is 476 g/mol. The van der Waals surface area contributed by atoms with Gasteiger partial charge in [-0.3, -0.25) is 4.79 Å². The number of carbonyl (C=O) groups is 1. The van der Waals surface area contributed by atoms with E-state index in [0.29, 0.717) is 6.61 Å². The summed E-state index contributed by atoms with van der Waals surface area (Å²) in [6.45, 7) is 2.54. The number of aromatic nitrogens is 3. The number of amides is 1. The minimum absolute atomic E-state index is 0.0145. The van der Waals surface area contributed by atoms with E-state index in [1.165, 1.54) is 17.5 Å².